The first-order valence-corrected chi connectivity index (χ1v) is 12.9. The van der Waals surface area contributed by atoms with Gasteiger partial charge in [-0.25, -0.2) is 4.98 Å². The van der Waals surface area contributed by atoms with Crippen molar-refractivity contribution in [3.63, 3.8) is 0 Å². The normalized spacial score (nSPS) is 11.6. The first-order chi connectivity index (χ1) is 18.5. The van der Waals surface area contributed by atoms with Crippen LogP contribution in [-0.4, -0.2) is 29.2 Å². The zero-order valence-corrected chi connectivity index (χ0v) is 21.6. The molecular weight excluding hydrogens is 498 g/mol. The average molecular weight is 524 g/mol. The number of para-hydroxylation sites is 2. The third-order valence-electron chi connectivity index (χ3n) is 5.82. The van der Waals surface area contributed by atoms with E-state index in [-0.39, 0.29) is 17.1 Å². The predicted molar refractivity (Wildman–Crippen MR) is 151 cm³/mol. The number of nitrogens with one attached hydrogen (secondary N) is 2. The van der Waals surface area contributed by atoms with Gasteiger partial charge >= 0.3 is 0 Å². The second-order valence-corrected chi connectivity index (χ2v) is 9.94. The molecule has 0 saturated carbocycles. The number of anilines is 2. The van der Waals surface area contributed by atoms with Gasteiger partial charge in [0.25, 0.3) is 5.91 Å². The number of aromatic nitrogens is 1. The Morgan fingerprint density at radius 2 is 1.58 bits per heavy atom. The molecular formula is C30H25N3O4S. The summed E-state index contributed by atoms with van der Waals surface area (Å²) in [5.74, 6) is 0.825. The monoisotopic (exact) mass is 523 g/mol. The lowest BCUT2D eigenvalue weighted by Gasteiger charge is -2.13. The molecule has 5 rings (SSSR count). The maximum atomic E-state index is 12.8. The van der Waals surface area contributed by atoms with Gasteiger partial charge in [0.15, 0.2) is 5.58 Å². The summed E-state index contributed by atoms with van der Waals surface area (Å²) in [6.45, 7) is 1.85. The van der Waals surface area contributed by atoms with E-state index < -0.39 is 0 Å². The summed E-state index contributed by atoms with van der Waals surface area (Å²) in [6.07, 6.45) is 0. The SMILES string of the molecule is COc1cccc(C(=O)Nc2ccc(SC(C)C(=O)Nc3ccc(-c4nc5ccccc5o4)cc3)cc2)c1. The first-order valence-electron chi connectivity index (χ1n) is 12.0. The summed E-state index contributed by atoms with van der Waals surface area (Å²) in [5.41, 5.74) is 4.24. The summed E-state index contributed by atoms with van der Waals surface area (Å²) in [6, 6.07) is 29.4. The fraction of sp³-hybridized carbons (Fsp3) is 0.100. The van der Waals surface area contributed by atoms with Crippen LogP contribution in [-0.2, 0) is 4.79 Å². The average Bonchev–Trinajstić information content (AvgIpc) is 3.39. The van der Waals surface area contributed by atoms with Crippen LogP contribution >= 0.6 is 11.8 Å². The number of carbonyl (C=O) groups is 2. The molecule has 0 aliphatic carbocycles. The fourth-order valence-corrected chi connectivity index (χ4v) is 4.65. The molecule has 0 radical (unpaired) electrons. The molecule has 0 saturated heterocycles. The van der Waals surface area contributed by atoms with E-state index in [1.54, 1.807) is 31.4 Å². The highest BCUT2D eigenvalue weighted by Crippen LogP contribution is 2.28. The Kier molecular flexibility index (Phi) is 7.42. The lowest BCUT2D eigenvalue weighted by atomic mass is 10.2. The van der Waals surface area contributed by atoms with Crippen LogP contribution in [0.25, 0.3) is 22.6 Å². The topological polar surface area (TPSA) is 93.5 Å². The number of amides is 2. The number of carbonyl (C=O) groups excluding carboxylic acids is 2. The Labute approximate surface area is 224 Å². The maximum absolute atomic E-state index is 12.8. The summed E-state index contributed by atoms with van der Waals surface area (Å²) in [5, 5.41) is 5.50. The van der Waals surface area contributed by atoms with Crippen LogP contribution in [0.15, 0.2) is 106 Å². The molecule has 38 heavy (non-hydrogen) atoms. The Hall–Kier alpha value is -4.56. The van der Waals surface area contributed by atoms with Gasteiger partial charge < -0.3 is 19.8 Å². The minimum atomic E-state index is -0.330. The van der Waals surface area contributed by atoms with E-state index >= 15 is 0 Å². The molecule has 2 amide bonds. The number of nitrogens with zero attached hydrogens (tertiary/aromatic N) is 1. The van der Waals surface area contributed by atoms with Crippen LogP contribution in [0.3, 0.4) is 0 Å². The van der Waals surface area contributed by atoms with E-state index in [4.69, 9.17) is 9.15 Å². The minimum absolute atomic E-state index is 0.111. The number of rotatable bonds is 8. The molecule has 4 aromatic carbocycles. The van der Waals surface area contributed by atoms with Gasteiger partial charge in [-0.2, -0.15) is 0 Å². The first kappa shape index (κ1) is 25.1. The van der Waals surface area contributed by atoms with Crippen LogP contribution in [0.1, 0.15) is 17.3 Å². The van der Waals surface area contributed by atoms with Crippen molar-refractivity contribution in [3.8, 4) is 17.2 Å². The molecule has 0 bridgehead atoms. The molecule has 0 spiro atoms. The molecule has 1 atom stereocenters. The molecule has 5 aromatic rings. The van der Waals surface area contributed by atoms with Crippen LogP contribution in [0.4, 0.5) is 11.4 Å². The number of hydrogen-bond donors (Lipinski definition) is 2. The van der Waals surface area contributed by atoms with Crippen LogP contribution in [0.2, 0.25) is 0 Å². The summed E-state index contributed by atoms with van der Waals surface area (Å²) in [4.78, 5) is 30.7. The van der Waals surface area contributed by atoms with Gasteiger partial charge in [0.1, 0.15) is 11.3 Å². The summed E-state index contributed by atoms with van der Waals surface area (Å²) < 4.78 is 11.0. The van der Waals surface area contributed by atoms with Gasteiger partial charge in [0.05, 0.1) is 12.4 Å². The number of thioether (sulfide) groups is 1. The Bertz CT molecular complexity index is 1550. The van der Waals surface area contributed by atoms with Gasteiger partial charge in [-0.05, 0) is 85.8 Å². The summed E-state index contributed by atoms with van der Waals surface area (Å²) in [7, 11) is 1.56. The molecule has 0 fully saturated rings. The zero-order chi connectivity index (χ0) is 26.5. The quantitative estimate of drug-likeness (QED) is 0.216. The van der Waals surface area contributed by atoms with Crippen molar-refractivity contribution in [2.75, 3.05) is 17.7 Å². The second kappa shape index (κ2) is 11.2. The number of ether oxygens (including phenoxy) is 1. The molecule has 190 valence electrons. The highest BCUT2D eigenvalue weighted by Gasteiger charge is 2.16. The third-order valence-corrected chi connectivity index (χ3v) is 6.93. The van der Waals surface area contributed by atoms with Crippen molar-refractivity contribution >= 4 is 46.1 Å². The van der Waals surface area contributed by atoms with Gasteiger partial charge in [0, 0.05) is 27.4 Å². The molecule has 1 heterocycles. The standard InChI is InChI=1S/C30H25N3O4S/c1-19(38-25-16-14-23(15-17-25)32-29(35)21-6-5-7-24(18-21)36-2)28(34)31-22-12-10-20(11-13-22)30-33-26-8-3-4-9-27(26)37-30/h3-19H,1-2H3,(H,31,34)(H,32,35). The second-order valence-electron chi connectivity index (χ2n) is 8.52. The van der Waals surface area contributed by atoms with Crippen LogP contribution in [0, 0.1) is 0 Å². The van der Waals surface area contributed by atoms with E-state index in [0.717, 1.165) is 21.6 Å². The number of methoxy groups -OCH3 is 1. The highest BCUT2D eigenvalue weighted by atomic mass is 32.2. The fourth-order valence-electron chi connectivity index (χ4n) is 3.78. The van der Waals surface area contributed by atoms with Crippen LogP contribution in [0.5, 0.6) is 5.75 Å². The van der Waals surface area contributed by atoms with E-state index in [2.05, 4.69) is 15.6 Å². The maximum Gasteiger partial charge on any atom is 0.255 e. The zero-order valence-electron chi connectivity index (χ0n) is 20.8. The minimum Gasteiger partial charge on any atom is -0.497 e. The van der Waals surface area contributed by atoms with Crippen molar-refractivity contribution in [1.29, 1.82) is 0 Å². The smallest absolute Gasteiger partial charge is 0.255 e. The number of hydrogen-bond acceptors (Lipinski definition) is 6. The van der Waals surface area contributed by atoms with Crippen molar-refractivity contribution in [1.82, 2.24) is 4.98 Å². The molecule has 0 aliphatic rings. The number of oxazole rings is 1. The molecule has 8 heteroatoms. The van der Waals surface area contributed by atoms with E-state index in [1.807, 2.05) is 79.7 Å². The molecule has 2 N–H and O–H groups in total. The number of benzene rings is 4. The van der Waals surface area contributed by atoms with Crippen molar-refractivity contribution in [2.45, 2.75) is 17.1 Å². The Morgan fingerprint density at radius 3 is 2.32 bits per heavy atom. The van der Waals surface area contributed by atoms with Crippen molar-refractivity contribution in [3.05, 3.63) is 103 Å². The van der Waals surface area contributed by atoms with Gasteiger partial charge in [-0.1, -0.05) is 18.2 Å². The summed E-state index contributed by atoms with van der Waals surface area (Å²) >= 11 is 1.44. The lowest BCUT2D eigenvalue weighted by Crippen LogP contribution is -2.22. The molecule has 1 unspecified atom stereocenters. The van der Waals surface area contributed by atoms with Gasteiger partial charge in [-0.3, -0.25) is 9.59 Å². The van der Waals surface area contributed by atoms with E-state index in [1.165, 1.54) is 11.8 Å². The lowest BCUT2D eigenvalue weighted by molar-refractivity contribution is -0.115. The van der Waals surface area contributed by atoms with Crippen LogP contribution < -0.4 is 15.4 Å². The Morgan fingerprint density at radius 1 is 0.868 bits per heavy atom. The van der Waals surface area contributed by atoms with Gasteiger partial charge in [0.2, 0.25) is 11.8 Å². The predicted octanol–water partition coefficient (Wildman–Crippen LogP) is 6.88. The van der Waals surface area contributed by atoms with Crippen molar-refractivity contribution in [2.24, 2.45) is 0 Å². The van der Waals surface area contributed by atoms with E-state index in [9.17, 15) is 9.59 Å². The Balaban J connectivity index is 1.15. The molecule has 1 aromatic heterocycles. The largest absolute Gasteiger partial charge is 0.497 e. The van der Waals surface area contributed by atoms with Gasteiger partial charge in [-0.15, -0.1) is 11.8 Å². The third kappa shape index (κ3) is 5.87. The highest BCUT2D eigenvalue weighted by molar-refractivity contribution is 8.00. The number of fused-ring (bicyclic) bond motifs is 1. The van der Waals surface area contributed by atoms with Crippen molar-refractivity contribution < 1.29 is 18.7 Å². The van der Waals surface area contributed by atoms with E-state index in [0.29, 0.717) is 28.6 Å². The molecule has 7 nitrogen and oxygen atoms in total. The molecule has 0 aliphatic heterocycles.